The smallest absolute Gasteiger partial charge is 0.125 e. The van der Waals surface area contributed by atoms with Crippen molar-refractivity contribution in [2.45, 2.75) is 37.8 Å². The van der Waals surface area contributed by atoms with Crippen LogP contribution < -0.4 is 28.5 Å². The van der Waals surface area contributed by atoms with Gasteiger partial charge >= 0.3 is 0 Å². The lowest BCUT2D eigenvalue weighted by atomic mass is 10.2. The molecule has 2 aliphatic rings. The normalized spacial score (nSPS) is 17.1. The highest BCUT2D eigenvalue weighted by atomic mass is 15.2. The molecule has 0 atom stereocenters. The second-order valence-electron chi connectivity index (χ2n) is 6.83. The van der Waals surface area contributed by atoms with E-state index < -0.39 is 0 Å². The Labute approximate surface area is 159 Å². The molecule has 0 spiro atoms. The maximum atomic E-state index is 5.83. The average Bonchev–Trinajstić information content (AvgIpc) is 3.60. The minimum Gasteiger partial charge on any atom is -0.399 e. The highest BCUT2D eigenvalue weighted by Gasteiger charge is 2.21. The number of rotatable bonds is 5. The maximum absolute atomic E-state index is 5.83. The van der Waals surface area contributed by atoms with Gasteiger partial charge < -0.3 is 22.6 Å². The van der Waals surface area contributed by atoms with Crippen molar-refractivity contribution in [1.29, 1.82) is 0 Å². The summed E-state index contributed by atoms with van der Waals surface area (Å²) in [6.45, 7) is 0. The summed E-state index contributed by atoms with van der Waals surface area (Å²) in [4.78, 5) is 8.70. The maximum Gasteiger partial charge on any atom is 0.125 e. The molecule has 2 aliphatic carbocycles. The fraction of sp³-hybridized carbons (Fsp3) is 0.300. The second kappa shape index (κ2) is 8.55. The van der Waals surface area contributed by atoms with Crippen LogP contribution >= 0.6 is 0 Å². The van der Waals surface area contributed by atoms with Crippen LogP contribution in [0.4, 0.5) is 11.4 Å². The van der Waals surface area contributed by atoms with Crippen LogP contribution in [0.5, 0.6) is 0 Å². The van der Waals surface area contributed by atoms with Gasteiger partial charge in [-0.15, -0.1) is 0 Å². The number of nitrogens with two attached hydrogens (primary N) is 4. The molecule has 9 N–H and O–H groups in total. The van der Waals surface area contributed by atoms with Crippen LogP contribution in [-0.4, -0.2) is 23.8 Å². The van der Waals surface area contributed by atoms with Gasteiger partial charge in [-0.25, -0.2) is 0 Å². The van der Waals surface area contributed by atoms with Crippen molar-refractivity contribution in [3.63, 3.8) is 0 Å². The van der Waals surface area contributed by atoms with Gasteiger partial charge in [-0.05, 0) is 74.2 Å². The predicted molar refractivity (Wildman–Crippen MR) is 113 cm³/mol. The van der Waals surface area contributed by atoms with Crippen molar-refractivity contribution >= 4 is 23.0 Å². The summed E-state index contributed by atoms with van der Waals surface area (Å²) >= 11 is 0. The lowest BCUT2D eigenvalue weighted by Gasteiger charge is -2.02. The number of aliphatic imine (C=N–C) groups is 2. The van der Waals surface area contributed by atoms with Gasteiger partial charge in [0.1, 0.15) is 11.7 Å². The fourth-order valence-corrected chi connectivity index (χ4v) is 2.34. The summed E-state index contributed by atoms with van der Waals surface area (Å²) in [7, 11) is 0. The zero-order chi connectivity index (χ0) is 19.2. The Bertz CT molecular complexity index is 801. The molecule has 4 rings (SSSR count). The summed E-state index contributed by atoms with van der Waals surface area (Å²) in [5.74, 6) is 6.50. The van der Waals surface area contributed by atoms with Gasteiger partial charge in [0.15, 0.2) is 0 Å². The predicted octanol–water partition coefficient (Wildman–Crippen LogP) is 1.98. The molecular weight excluding hydrogens is 338 g/mol. The summed E-state index contributed by atoms with van der Waals surface area (Å²) in [5.41, 5.74) is 23.3. The van der Waals surface area contributed by atoms with Crippen LogP contribution in [0.2, 0.25) is 0 Å². The molecule has 0 radical (unpaired) electrons. The highest BCUT2D eigenvalue weighted by Crippen LogP contribution is 2.24. The molecule has 0 unspecified atom stereocenters. The van der Waals surface area contributed by atoms with Crippen molar-refractivity contribution in [1.82, 2.24) is 0 Å². The molecule has 2 fully saturated rings. The molecule has 2 aromatic rings. The zero-order valence-corrected chi connectivity index (χ0v) is 15.3. The lowest BCUT2D eigenvalue weighted by molar-refractivity contribution is 1.06. The molecule has 0 bridgehead atoms. The van der Waals surface area contributed by atoms with E-state index in [-0.39, 0.29) is 0 Å². The molecule has 0 amide bonds. The van der Waals surface area contributed by atoms with E-state index in [1.165, 1.54) is 25.7 Å². The SMILES string of the molecule is NC(=NC1CC1)c1ccc(N)cc1.NNc1ccc(C(N)=NC2CC2)cc1. The summed E-state index contributed by atoms with van der Waals surface area (Å²) in [6, 6.07) is 16.0. The molecular formula is C20H27N7. The van der Waals surface area contributed by atoms with Gasteiger partial charge in [0.25, 0.3) is 0 Å². The number of hydrogen-bond donors (Lipinski definition) is 5. The minimum absolute atomic E-state index is 0.460. The molecule has 0 aliphatic heterocycles. The Morgan fingerprint density at radius 3 is 1.52 bits per heavy atom. The molecule has 2 aromatic carbocycles. The van der Waals surface area contributed by atoms with Gasteiger partial charge in [0, 0.05) is 22.5 Å². The molecule has 0 saturated heterocycles. The second-order valence-corrected chi connectivity index (χ2v) is 6.83. The number of benzene rings is 2. The highest BCUT2D eigenvalue weighted by molar-refractivity contribution is 5.98. The third-order valence-corrected chi connectivity index (χ3v) is 4.29. The van der Waals surface area contributed by atoms with Crippen LogP contribution in [0, 0.1) is 0 Å². The van der Waals surface area contributed by atoms with Gasteiger partial charge in [-0.2, -0.15) is 0 Å². The van der Waals surface area contributed by atoms with E-state index in [9.17, 15) is 0 Å². The summed E-state index contributed by atoms with van der Waals surface area (Å²) in [6.07, 6.45) is 4.69. The first kappa shape index (κ1) is 18.7. The standard InChI is InChI=1S/C10H14N4.C10H13N3/c11-10(13-8-5-6-8)7-1-3-9(14-12)4-2-7;11-8-3-1-7(2-4-8)10(12)13-9-5-6-9/h1-4,8,14H,5-6,12H2,(H2,11,13);1-4,9H,5-6,11H2,(H2,12,13). The Kier molecular flexibility index (Phi) is 5.93. The zero-order valence-electron chi connectivity index (χ0n) is 15.3. The van der Waals surface area contributed by atoms with Crippen LogP contribution in [-0.2, 0) is 0 Å². The number of nitrogens with zero attached hydrogens (tertiary/aromatic N) is 2. The third kappa shape index (κ3) is 6.00. The Morgan fingerprint density at radius 1 is 0.741 bits per heavy atom. The first-order valence-electron chi connectivity index (χ1n) is 9.14. The molecule has 142 valence electrons. The van der Waals surface area contributed by atoms with E-state index in [0.29, 0.717) is 23.8 Å². The van der Waals surface area contributed by atoms with Crippen LogP contribution in [0.1, 0.15) is 36.8 Å². The number of amidine groups is 2. The Hall–Kier alpha value is -3.06. The van der Waals surface area contributed by atoms with Crippen molar-refractivity contribution in [3.8, 4) is 0 Å². The van der Waals surface area contributed by atoms with Crippen molar-refractivity contribution in [2.24, 2.45) is 27.3 Å². The lowest BCUT2D eigenvalue weighted by Crippen LogP contribution is -2.14. The van der Waals surface area contributed by atoms with E-state index in [2.05, 4.69) is 15.4 Å². The van der Waals surface area contributed by atoms with E-state index in [4.69, 9.17) is 23.0 Å². The van der Waals surface area contributed by atoms with E-state index >= 15 is 0 Å². The first-order chi connectivity index (χ1) is 13.0. The molecule has 2 saturated carbocycles. The number of nitrogens with one attached hydrogen (secondary N) is 1. The van der Waals surface area contributed by atoms with E-state index in [1.54, 1.807) is 0 Å². The summed E-state index contributed by atoms with van der Waals surface area (Å²) < 4.78 is 0. The molecule has 7 nitrogen and oxygen atoms in total. The van der Waals surface area contributed by atoms with Crippen molar-refractivity contribution in [2.75, 3.05) is 11.2 Å². The van der Waals surface area contributed by atoms with Crippen LogP contribution in [0.25, 0.3) is 0 Å². The quantitative estimate of drug-likeness (QED) is 0.181. The topological polar surface area (TPSA) is 141 Å². The number of nitrogen functional groups attached to an aromatic ring is 2. The van der Waals surface area contributed by atoms with Crippen LogP contribution in [0.15, 0.2) is 58.5 Å². The van der Waals surface area contributed by atoms with E-state index in [1.807, 2.05) is 48.5 Å². The van der Waals surface area contributed by atoms with Gasteiger partial charge in [0.2, 0.25) is 0 Å². The number of hydrogen-bond acceptors (Lipinski definition) is 5. The van der Waals surface area contributed by atoms with Crippen LogP contribution in [0.3, 0.4) is 0 Å². The number of anilines is 2. The Morgan fingerprint density at radius 2 is 1.15 bits per heavy atom. The average molecular weight is 365 g/mol. The first-order valence-corrected chi connectivity index (χ1v) is 9.14. The molecule has 0 heterocycles. The fourth-order valence-electron chi connectivity index (χ4n) is 2.34. The Balaban J connectivity index is 0.000000156. The van der Waals surface area contributed by atoms with E-state index in [0.717, 1.165) is 22.5 Å². The van der Waals surface area contributed by atoms with Gasteiger partial charge in [-0.3, -0.25) is 15.8 Å². The molecule has 7 heteroatoms. The molecule has 0 aromatic heterocycles. The third-order valence-electron chi connectivity index (χ3n) is 4.29. The largest absolute Gasteiger partial charge is 0.399 e. The van der Waals surface area contributed by atoms with Gasteiger partial charge in [-0.1, -0.05) is 0 Å². The van der Waals surface area contributed by atoms with Crippen molar-refractivity contribution < 1.29 is 0 Å². The molecule has 27 heavy (non-hydrogen) atoms. The summed E-state index contributed by atoms with van der Waals surface area (Å²) in [5, 5.41) is 0. The minimum atomic E-state index is 0.460. The number of hydrazine groups is 1. The van der Waals surface area contributed by atoms with Gasteiger partial charge in [0.05, 0.1) is 12.1 Å². The monoisotopic (exact) mass is 365 g/mol. The van der Waals surface area contributed by atoms with Crippen molar-refractivity contribution in [3.05, 3.63) is 59.7 Å².